The van der Waals surface area contributed by atoms with Gasteiger partial charge in [-0.25, -0.2) is 4.79 Å². The molecule has 0 aliphatic heterocycles. The fourth-order valence-electron chi connectivity index (χ4n) is 2.60. The lowest BCUT2D eigenvalue weighted by molar-refractivity contribution is 0.243. The van der Waals surface area contributed by atoms with Gasteiger partial charge in [-0.3, -0.25) is 4.57 Å². The van der Waals surface area contributed by atoms with Crippen LogP contribution in [0.25, 0.3) is 22.5 Å². The van der Waals surface area contributed by atoms with E-state index in [4.69, 9.17) is 13.7 Å². The van der Waals surface area contributed by atoms with E-state index >= 15 is 0 Å². The SMILES string of the molecule is CCn1c(=O)oc2cc(-c3noc(COc4ccccc4)n3)ccc21. The Morgan fingerprint density at radius 3 is 2.80 bits per heavy atom. The second-order valence-electron chi connectivity index (χ2n) is 5.41. The predicted molar refractivity (Wildman–Crippen MR) is 90.2 cm³/mol. The Bertz CT molecular complexity index is 1060. The zero-order valence-corrected chi connectivity index (χ0v) is 13.5. The molecule has 0 radical (unpaired) electrons. The molecule has 0 spiro atoms. The van der Waals surface area contributed by atoms with E-state index in [-0.39, 0.29) is 12.4 Å². The molecule has 0 aliphatic carbocycles. The van der Waals surface area contributed by atoms with Crippen molar-refractivity contribution in [3.05, 3.63) is 65.0 Å². The number of ether oxygens (including phenoxy) is 1. The summed E-state index contributed by atoms with van der Waals surface area (Å²) in [4.78, 5) is 16.1. The normalized spacial score (nSPS) is 11.1. The number of fused-ring (bicyclic) bond motifs is 1. The maximum absolute atomic E-state index is 11.8. The zero-order chi connectivity index (χ0) is 17.2. The van der Waals surface area contributed by atoms with Gasteiger partial charge in [-0.05, 0) is 37.3 Å². The molecular weight excluding hydrogens is 322 g/mol. The quantitative estimate of drug-likeness (QED) is 0.556. The summed E-state index contributed by atoms with van der Waals surface area (Å²) >= 11 is 0. The second kappa shape index (κ2) is 6.27. The minimum Gasteiger partial charge on any atom is -0.484 e. The van der Waals surface area contributed by atoms with Gasteiger partial charge in [-0.2, -0.15) is 4.98 Å². The van der Waals surface area contributed by atoms with Crippen molar-refractivity contribution >= 4 is 11.1 Å². The van der Waals surface area contributed by atoms with Crippen LogP contribution in [0.3, 0.4) is 0 Å². The number of rotatable bonds is 5. The molecule has 2 aromatic carbocycles. The average molecular weight is 337 g/mol. The molecule has 0 saturated carbocycles. The van der Waals surface area contributed by atoms with Crippen molar-refractivity contribution in [2.24, 2.45) is 0 Å². The number of aromatic nitrogens is 3. The van der Waals surface area contributed by atoms with Crippen LogP contribution in [0.15, 0.2) is 62.3 Å². The molecule has 25 heavy (non-hydrogen) atoms. The molecule has 4 aromatic rings. The van der Waals surface area contributed by atoms with Crippen LogP contribution >= 0.6 is 0 Å². The Morgan fingerprint density at radius 2 is 2.00 bits per heavy atom. The third-order valence-corrected chi connectivity index (χ3v) is 3.82. The number of nitrogens with zero attached hydrogens (tertiary/aromatic N) is 3. The second-order valence-corrected chi connectivity index (χ2v) is 5.41. The molecule has 4 rings (SSSR count). The number of para-hydroxylation sites is 1. The Kier molecular flexibility index (Phi) is 3.81. The molecule has 2 aromatic heterocycles. The summed E-state index contributed by atoms with van der Waals surface area (Å²) in [7, 11) is 0. The van der Waals surface area contributed by atoms with Gasteiger partial charge in [-0.15, -0.1) is 0 Å². The first-order valence-electron chi connectivity index (χ1n) is 7.89. The third-order valence-electron chi connectivity index (χ3n) is 3.82. The van der Waals surface area contributed by atoms with E-state index in [2.05, 4.69) is 10.1 Å². The molecule has 7 nitrogen and oxygen atoms in total. The van der Waals surface area contributed by atoms with Crippen LogP contribution in [0.5, 0.6) is 5.75 Å². The highest BCUT2D eigenvalue weighted by molar-refractivity contribution is 5.78. The van der Waals surface area contributed by atoms with Crippen molar-refractivity contribution in [2.45, 2.75) is 20.1 Å². The van der Waals surface area contributed by atoms with Crippen LogP contribution in [-0.4, -0.2) is 14.7 Å². The van der Waals surface area contributed by atoms with Crippen LogP contribution < -0.4 is 10.5 Å². The molecule has 7 heteroatoms. The molecule has 2 heterocycles. The van der Waals surface area contributed by atoms with Crippen LogP contribution in [0.1, 0.15) is 12.8 Å². The maximum atomic E-state index is 11.8. The van der Waals surface area contributed by atoms with Gasteiger partial charge in [0.25, 0.3) is 5.89 Å². The van der Waals surface area contributed by atoms with E-state index in [1.807, 2.05) is 49.4 Å². The molecule has 0 aliphatic rings. The van der Waals surface area contributed by atoms with Crippen molar-refractivity contribution in [2.75, 3.05) is 0 Å². The van der Waals surface area contributed by atoms with E-state index in [1.165, 1.54) is 0 Å². The largest absolute Gasteiger partial charge is 0.484 e. The number of hydrogen-bond acceptors (Lipinski definition) is 6. The first kappa shape index (κ1) is 15.2. The molecule has 0 N–H and O–H groups in total. The Labute approximate surface area is 142 Å². The van der Waals surface area contributed by atoms with Gasteiger partial charge in [0.15, 0.2) is 12.2 Å². The minimum atomic E-state index is -0.375. The van der Waals surface area contributed by atoms with Gasteiger partial charge in [0, 0.05) is 12.1 Å². The topological polar surface area (TPSA) is 83.3 Å². The van der Waals surface area contributed by atoms with E-state index < -0.39 is 0 Å². The highest BCUT2D eigenvalue weighted by atomic mass is 16.5. The third kappa shape index (κ3) is 2.91. The smallest absolute Gasteiger partial charge is 0.419 e. The minimum absolute atomic E-state index is 0.181. The molecule has 0 amide bonds. The van der Waals surface area contributed by atoms with E-state index in [1.54, 1.807) is 10.6 Å². The van der Waals surface area contributed by atoms with Gasteiger partial charge in [-0.1, -0.05) is 23.4 Å². The monoisotopic (exact) mass is 337 g/mol. The predicted octanol–water partition coefficient (Wildman–Crippen LogP) is 3.24. The fourth-order valence-corrected chi connectivity index (χ4v) is 2.60. The Hall–Kier alpha value is -3.35. The summed E-state index contributed by atoms with van der Waals surface area (Å²) in [6.07, 6.45) is 0. The lowest BCUT2D eigenvalue weighted by Gasteiger charge is -2.01. The molecule has 0 bridgehead atoms. The summed E-state index contributed by atoms with van der Waals surface area (Å²) in [5.41, 5.74) is 1.95. The van der Waals surface area contributed by atoms with Gasteiger partial charge in [0.05, 0.1) is 5.52 Å². The van der Waals surface area contributed by atoms with Gasteiger partial charge < -0.3 is 13.7 Å². The van der Waals surface area contributed by atoms with Crippen LogP contribution in [0.4, 0.5) is 0 Å². The maximum Gasteiger partial charge on any atom is 0.419 e. The highest BCUT2D eigenvalue weighted by Gasteiger charge is 2.13. The van der Waals surface area contributed by atoms with Crippen molar-refractivity contribution in [3.8, 4) is 17.1 Å². The number of benzene rings is 2. The van der Waals surface area contributed by atoms with Crippen molar-refractivity contribution in [1.82, 2.24) is 14.7 Å². The Balaban J connectivity index is 1.57. The number of aryl methyl sites for hydroxylation is 1. The number of hydrogen-bond donors (Lipinski definition) is 0. The first-order valence-corrected chi connectivity index (χ1v) is 7.89. The van der Waals surface area contributed by atoms with Crippen molar-refractivity contribution in [1.29, 1.82) is 0 Å². The van der Waals surface area contributed by atoms with E-state index in [0.717, 1.165) is 11.3 Å². The average Bonchev–Trinajstić information content (AvgIpc) is 3.23. The molecule has 0 fully saturated rings. The van der Waals surface area contributed by atoms with E-state index in [9.17, 15) is 4.79 Å². The summed E-state index contributed by atoms with van der Waals surface area (Å²) in [5.74, 6) is 1.14. The molecule has 0 unspecified atom stereocenters. The van der Waals surface area contributed by atoms with Crippen LogP contribution in [-0.2, 0) is 13.2 Å². The summed E-state index contributed by atoms with van der Waals surface area (Å²) in [6, 6.07) is 14.8. The van der Waals surface area contributed by atoms with Crippen molar-refractivity contribution < 1.29 is 13.7 Å². The zero-order valence-electron chi connectivity index (χ0n) is 13.5. The highest BCUT2D eigenvalue weighted by Crippen LogP contribution is 2.22. The number of oxazole rings is 1. The van der Waals surface area contributed by atoms with E-state index in [0.29, 0.717) is 29.4 Å². The standard InChI is InChI=1S/C18H15N3O4/c1-2-21-14-9-8-12(10-15(14)24-18(21)22)17-19-16(25-20-17)11-23-13-6-4-3-5-7-13/h3-10H,2,11H2,1H3. The lowest BCUT2D eigenvalue weighted by atomic mass is 10.2. The van der Waals surface area contributed by atoms with Gasteiger partial charge >= 0.3 is 5.76 Å². The van der Waals surface area contributed by atoms with Crippen LogP contribution in [0, 0.1) is 0 Å². The lowest BCUT2D eigenvalue weighted by Crippen LogP contribution is -2.11. The van der Waals surface area contributed by atoms with Crippen molar-refractivity contribution in [3.63, 3.8) is 0 Å². The molecule has 0 saturated heterocycles. The van der Waals surface area contributed by atoms with Gasteiger partial charge in [0.1, 0.15) is 5.75 Å². The van der Waals surface area contributed by atoms with Gasteiger partial charge in [0.2, 0.25) is 5.82 Å². The Morgan fingerprint density at radius 1 is 1.16 bits per heavy atom. The summed E-state index contributed by atoms with van der Waals surface area (Å²) in [6.45, 7) is 2.62. The molecule has 0 atom stereocenters. The van der Waals surface area contributed by atoms with Crippen LogP contribution in [0.2, 0.25) is 0 Å². The first-order chi connectivity index (χ1) is 12.2. The summed E-state index contributed by atoms with van der Waals surface area (Å²) < 4.78 is 17.6. The molecular formula is C18H15N3O4. The molecule has 126 valence electrons. The fraction of sp³-hybridized carbons (Fsp3) is 0.167. The summed E-state index contributed by atoms with van der Waals surface area (Å²) in [5, 5.41) is 3.96.